The zero-order valence-corrected chi connectivity index (χ0v) is 17.3. The molecule has 6 heteroatoms. The maximum atomic E-state index is 11.9. The van der Waals surface area contributed by atoms with Gasteiger partial charge in [0.05, 0.1) is 25.2 Å². The summed E-state index contributed by atoms with van der Waals surface area (Å²) in [6.45, 7) is 6.41. The van der Waals surface area contributed by atoms with E-state index in [-0.39, 0.29) is 30.2 Å². The molecule has 0 spiro atoms. The van der Waals surface area contributed by atoms with Crippen LogP contribution in [0.3, 0.4) is 0 Å². The molecule has 0 atom stereocenters. The Labute approximate surface area is 164 Å². The Bertz CT molecular complexity index is 403. The molecule has 1 rings (SSSR count). The van der Waals surface area contributed by atoms with Crippen LogP contribution >= 0.6 is 0 Å². The first-order chi connectivity index (χ1) is 13.1. The summed E-state index contributed by atoms with van der Waals surface area (Å²) < 4.78 is 21.2. The van der Waals surface area contributed by atoms with E-state index in [4.69, 9.17) is 18.9 Å². The summed E-state index contributed by atoms with van der Waals surface area (Å²) in [5.41, 5.74) is -0.247. The van der Waals surface area contributed by atoms with Gasteiger partial charge in [0.2, 0.25) is 0 Å². The molecular weight excluding hydrogens is 348 g/mol. The van der Waals surface area contributed by atoms with Gasteiger partial charge in [-0.1, -0.05) is 52.4 Å². The van der Waals surface area contributed by atoms with Crippen molar-refractivity contribution in [1.29, 1.82) is 0 Å². The van der Waals surface area contributed by atoms with Crippen molar-refractivity contribution in [3.63, 3.8) is 0 Å². The Kier molecular flexibility index (Phi) is 13.2. The quantitative estimate of drug-likeness (QED) is 0.307. The Hall–Kier alpha value is -1.14. The van der Waals surface area contributed by atoms with Gasteiger partial charge in [0.1, 0.15) is 13.4 Å². The van der Waals surface area contributed by atoms with Gasteiger partial charge in [-0.05, 0) is 19.3 Å². The van der Waals surface area contributed by atoms with Crippen LogP contribution in [0.5, 0.6) is 0 Å². The molecule has 1 heterocycles. The number of carbonyl (C=O) groups is 2. The Morgan fingerprint density at radius 2 is 1.41 bits per heavy atom. The minimum absolute atomic E-state index is 0.229. The van der Waals surface area contributed by atoms with E-state index in [9.17, 15) is 9.59 Å². The Balaban J connectivity index is 1.99. The zero-order chi connectivity index (χ0) is 19.8. The van der Waals surface area contributed by atoms with Gasteiger partial charge in [0.15, 0.2) is 0 Å². The molecule has 1 saturated heterocycles. The summed E-state index contributed by atoms with van der Waals surface area (Å²) in [6, 6.07) is 0. The summed E-state index contributed by atoms with van der Waals surface area (Å²) in [5.74, 6) is -0.513. The monoisotopic (exact) mass is 386 g/mol. The minimum atomic E-state index is -0.284. The number of carbonyl (C=O) groups excluding carboxylic acids is 2. The third-order valence-corrected chi connectivity index (χ3v) is 5.05. The topological polar surface area (TPSA) is 71.1 Å². The van der Waals surface area contributed by atoms with Crippen molar-refractivity contribution < 1.29 is 28.5 Å². The smallest absolute Gasteiger partial charge is 0.305 e. The van der Waals surface area contributed by atoms with Crippen molar-refractivity contribution in [2.75, 3.05) is 33.2 Å². The van der Waals surface area contributed by atoms with Crippen LogP contribution in [-0.4, -0.2) is 45.2 Å². The van der Waals surface area contributed by atoms with Crippen molar-refractivity contribution in [2.45, 2.75) is 84.5 Å². The third-order valence-electron chi connectivity index (χ3n) is 5.05. The number of unbranched alkanes of at least 4 members (excludes halogenated alkanes) is 6. The molecule has 0 unspecified atom stereocenters. The summed E-state index contributed by atoms with van der Waals surface area (Å²) >= 11 is 0. The van der Waals surface area contributed by atoms with Gasteiger partial charge in [-0.15, -0.1) is 0 Å². The molecule has 0 saturated carbocycles. The van der Waals surface area contributed by atoms with Gasteiger partial charge in [-0.2, -0.15) is 0 Å². The number of hydrogen-bond acceptors (Lipinski definition) is 6. The van der Waals surface area contributed by atoms with Gasteiger partial charge in [-0.3, -0.25) is 9.59 Å². The first-order valence-corrected chi connectivity index (χ1v) is 10.6. The van der Waals surface area contributed by atoms with E-state index >= 15 is 0 Å². The van der Waals surface area contributed by atoms with E-state index in [0.717, 1.165) is 19.3 Å². The van der Waals surface area contributed by atoms with Crippen LogP contribution in [0.25, 0.3) is 0 Å². The van der Waals surface area contributed by atoms with Gasteiger partial charge in [0.25, 0.3) is 0 Å². The third kappa shape index (κ3) is 11.3. The predicted octanol–water partition coefficient (Wildman–Crippen LogP) is 4.39. The van der Waals surface area contributed by atoms with Crippen LogP contribution in [-0.2, 0) is 28.5 Å². The number of rotatable bonds is 15. The molecule has 158 valence electrons. The highest BCUT2D eigenvalue weighted by molar-refractivity contribution is 5.72. The molecule has 0 radical (unpaired) electrons. The fourth-order valence-corrected chi connectivity index (χ4v) is 3.01. The number of hydrogen-bond donors (Lipinski definition) is 0. The normalized spacial score (nSPS) is 16.1. The highest BCUT2D eigenvalue weighted by Gasteiger charge is 2.33. The predicted molar refractivity (Wildman–Crippen MR) is 103 cm³/mol. The molecule has 1 aliphatic heterocycles. The van der Waals surface area contributed by atoms with E-state index in [2.05, 4.69) is 6.92 Å². The van der Waals surface area contributed by atoms with Gasteiger partial charge < -0.3 is 18.9 Å². The molecular formula is C21H38O6. The van der Waals surface area contributed by atoms with E-state index in [1.54, 1.807) is 0 Å². The summed E-state index contributed by atoms with van der Waals surface area (Å²) in [6.07, 6.45) is 10.1. The van der Waals surface area contributed by atoms with Gasteiger partial charge in [0, 0.05) is 12.8 Å². The fourth-order valence-electron chi connectivity index (χ4n) is 3.01. The van der Waals surface area contributed by atoms with Crippen molar-refractivity contribution in [2.24, 2.45) is 5.41 Å². The van der Waals surface area contributed by atoms with Crippen molar-refractivity contribution in [1.82, 2.24) is 0 Å². The molecule has 0 amide bonds. The van der Waals surface area contributed by atoms with E-state index in [1.165, 1.54) is 32.1 Å². The van der Waals surface area contributed by atoms with Crippen molar-refractivity contribution in [3.05, 3.63) is 0 Å². The molecule has 0 N–H and O–H groups in total. The van der Waals surface area contributed by atoms with E-state index in [0.29, 0.717) is 39.6 Å². The molecule has 0 aromatic rings. The lowest BCUT2D eigenvalue weighted by atomic mass is 9.87. The molecule has 0 bridgehead atoms. The zero-order valence-electron chi connectivity index (χ0n) is 17.3. The second-order valence-electron chi connectivity index (χ2n) is 7.52. The molecule has 0 aliphatic carbocycles. The molecule has 0 aromatic heterocycles. The number of esters is 2. The molecule has 27 heavy (non-hydrogen) atoms. The highest BCUT2D eigenvalue weighted by atomic mass is 16.7. The lowest BCUT2D eigenvalue weighted by Crippen LogP contribution is -2.41. The molecule has 6 nitrogen and oxygen atoms in total. The molecule has 1 aliphatic rings. The van der Waals surface area contributed by atoms with Crippen molar-refractivity contribution >= 4 is 11.9 Å². The minimum Gasteiger partial charge on any atom is -0.466 e. The maximum absolute atomic E-state index is 11.9. The van der Waals surface area contributed by atoms with Crippen LogP contribution in [0, 0.1) is 5.41 Å². The van der Waals surface area contributed by atoms with Crippen LogP contribution in [0.4, 0.5) is 0 Å². The standard InChI is InChI=1S/C21H38O6/c1-3-5-6-7-8-9-10-14-26-19(22)12-11-13-20(23)27-17-21(4-2)15-24-18-25-16-21/h3-18H2,1-2H3. The van der Waals surface area contributed by atoms with Gasteiger partial charge in [-0.25, -0.2) is 0 Å². The lowest BCUT2D eigenvalue weighted by Gasteiger charge is -2.35. The van der Waals surface area contributed by atoms with Crippen LogP contribution in [0.1, 0.15) is 84.5 Å². The average molecular weight is 387 g/mol. The molecule has 0 aromatic carbocycles. The summed E-state index contributed by atoms with van der Waals surface area (Å²) in [7, 11) is 0. The van der Waals surface area contributed by atoms with Crippen LogP contribution in [0.15, 0.2) is 0 Å². The molecule has 1 fully saturated rings. The first-order valence-electron chi connectivity index (χ1n) is 10.6. The van der Waals surface area contributed by atoms with Crippen molar-refractivity contribution in [3.8, 4) is 0 Å². The second kappa shape index (κ2) is 14.9. The van der Waals surface area contributed by atoms with Crippen LogP contribution < -0.4 is 0 Å². The average Bonchev–Trinajstić information content (AvgIpc) is 2.69. The largest absolute Gasteiger partial charge is 0.466 e. The fraction of sp³-hybridized carbons (Fsp3) is 0.905. The lowest BCUT2D eigenvalue weighted by molar-refractivity contribution is -0.187. The summed E-state index contributed by atoms with van der Waals surface area (Å²) in [5, 5.41) is 0. The van der Waals surface area contributed by atoms with Crippen LogP contribution in [0.2, 0.25) is 0 Å². The number of ether oxygens (including phenoxy) is 4. The summed E-state index contributed by atoms with van der Waals surface area (Å²) in [4.78, 5) is 23.6. The van der Waals surface area contributed by atoms with E-state index < -0.39 is 0 Å². The maximum Gasteiger partial charge on any atom is 0.305 e. The highest BCUT2D eigenvalue weighted by Crippen LogP contribution is 2.26. The second-order valence-corrected chi connectivity index (χ2v) is 7.52. The van der Waals surface area contributed by atoms with E-state index in [1.807, 2.05) is 6.92 Å². The Morgan fingerprint density at radius 1 is 0.815 bits per heavy atom. The Morgan fingerprint density at radius 3 is 2.04 bits per heavy atom. The SMILES string of the molecule is CCCCCCCCCOC(=O)CCCC(=O)OCC1(CC)COCOC1. The first kappa shape index (κ1) is 23.9. The van der Waals surface area contributed by atoms with Gasteiger partial charge >= 0.3 is 11.9 Å².